The summed E-state index contributed by atoms with van der Waals surface area (Å²) in [4.78, 5) is 18.9. The Morgan fingerprint density at radius 3 is 3.11 bits per heavy atom. The topological polar surface area (TPSA) is 51.7 Å². The molecule has 1 aliphatic rings. The van der Waals surface area contributed by atoms with Gasteiger partial charge in [0, 0.05) is 19.7 Å². The molecule has 1 aromatic rings. The predicted molar refractivity (Wildman–Crippen MR) is 73.6 cm³/mol. The smallest absolute Gasteiger partial charge is 0.265 e. The molecule has 19 heavy (non-hydrogen) atoms. The maximum atomic E-state index is 12.2. The molecule has 1 aliphatic heterocycles. The van der Waals surface area contributed by atoms with Gasteiger partial charge in [-0.05, 0) is 20.3 Å². The van der Waals surface area contributed by atoms with E-state index >= 15 is 0 Å². The van der Waals surface area contributed by atoms with Crippen molar-refractivity contribution in [3.63, 3.8) is 0 Å². The average Bonchev–Trinajstić information content (AvgIpc) is 3.03. The van der Waals surface area contributed by atoms with E-state index in [1.807, 2.05) is 18.7 Å². The van der Waals surface area contributed by atoms with E-state index in [0.29, 0.717) is 31.2 Å². The first-order valence-corrected chi connectivity index (χ1v) is 7.43. The van der Waals surface area contributed by atoms with Gasteiger partial charge in [-0.25, -0.2) is 4.98 Å². The molecular formula is C13H20N2O3S. The number of hydrogen-bond donors (Lipinski definition) is 0. The van der Waals surface area contributed by atoms with Crippen LogP contribution in [0.4, 0.5) is 0 Å². The summed E-state index contributed by atoms with van der Waals surface area (Å²) in [5.74, 6) is 0.0708. The highest BCUT2D eigenvalue weighted by atomic mass is 32.1. The fourth-order valence-electron chi connectivity index (χ4n) is 2.08. The first-order chi connectivity index (χ1) is 9.20. The number of hydrogen-bond acceptors (Lipinski definition) is 5. The molecule has 5 nitrogen and oxygen atoms in total. The summed E-state index contributed by atoms with van der Waals surface area (Å²) in [7, 11) is 0. The zero-order valence-corrected chi connectivity index (χ0v) is 12.2. The molecular weight excluding hydrogens is 264 g/mol. The van der Waals surface area contributed by atoms with Gasteiger partial charge in [0.1, 0.15) is 4.88 Å². The molecule has 0 aliphatic carbocycles. The molecule has 0 N–H and O–H groups in total. The third kappa shape index (κ3) is 3.99. The van der Waals surface area contributed by atoms with Crippen molar-refractivity contribution in [2.45, 2.75) is 26.4 Å². The zero-order valence-electron chi connectivity index (χ0n) is 11.4. The Hall–Kier alpha value is -0.980. The summed E-state index contributed by atoms with van der Waals surface area (Å²) < 4.78 is 10.9. The minimum atomic E-state index is 0.0708. The third-order valence-corrected chi connectivity index (χ3v) is 3.95. The summed E-state index contributed by atoms with van der Waals surface area (Å²) in [6, 6.07) is 0. The molecule has 0 bridgehead atoms. The first-order valence-electron chi connectivity index (χ1n) is 6.61. The molecule has 0 spiro atoms. The van der Waals surface area contributed by atoms with E-state index in [1.54, 1.807) is 6.20 Å². The molecule has 2 heterocycles. The van der Waals surface area contributed by atoms with Gasteiger partial charge in [0.15, 0.2) is 0 Å². The summed E-state index contributed by atoms with van der Waals surface area (Å²) >= 11 is 1.45. The lowest BCUT2D eigenvalue weighted by molar-refractivity contribution is 0.0120. The van der Waals surface area contributed by atoms with E-state index in [0.717, 1.165) is 18.0 Å². The molecule has 1 aromatic heterocycles. The number of likely N-dealkylation sites (tertiary alicyclic amines) is 1. The molecule has 0 unspecified atom stereocenters. The van der Waals surface area contributed by atoms with Crippen LogP contribution >= 0.6 is 11.3 Å². The fraction of sp³-hybridized carbons (Fsp3) is 0.692. The number of aromatic nitrogens is 1. The van der Waals surface area contributed by atoms with Crippen molar-refractivity contribution in [1.82, 2.24) is 9.88 Å². The quantitative estimate of drug-likeness (QED) is 0.746. The fourth-order valence-corrected chi connectivity index (χ4v) is 2.83. The van der Waals surface area contributed by atoms with E-state index in [-0.39, 0.29) is 12.0 Å². The molecule has 1 saturated heterocycles. The lowest BCUT2D eigenvalue weighted by Gasteiger charge is -2.15. The summed E-state index contributed by atoms with van der Waals surface area (Å²) in [5, 5.41) is 0.923. The highest BCUT2D eigenvalue weighted by Crippen LogP contribution is 2.19. The van der Waals surface area contributed by atoms with Gasteiger partial charge in [-0.2, -0.15) is 0 Å². The Kier molecular flexibility index (Phi) is 5.30. The standard InChI is InChI=1S/C13H20N2O3S/c1-3-17-6-7-18-11-4-5-15(9-11)13(16)12-8-14-10(2)19-12/h8,11H,3-7,9H2,1-2H3/t11-/m0/s1. The number of nitrogens with zero attached hydrogens (tertiary/aromatic N) is 2. The van der Waals surface area contributed by atoms with Crippen LogP contribution in [0.3, 0.4) is 0 Å². The largest absolute Gasteiger partial charge is 0.379 e. The molecule has 1 amide bonds. The molecule has 0 aromatic carbocycles. The van der Waals surface area contributed by atoms with Gasteiger partial charge >= 0.3 is 0 Å². The molecule has 0 saturated carbocycles. The van der Waals surface area contributed by atoms with Crippen LogP contribution in [0.2, 0.25) is 0 Å². The van der Waals surface area contributed by atoms with Crippen LogP contribution in [-0.4, -0.2) is 54.8 Å². The monoisotopic (exact) mass is 284 g/mol. The lowest BCUT2D eigenvalue weighted by atomic mass is 10.3. The number of ether oxygens (including phenoxy) is 2. The Labute approximate surface area is 117 Å². The van der Waals surface area contributed by atoms with Crippen molar-refractivity contribution in [3.05, 3.63) is 16.1 Å². The van der Waals surface area contributed by atoms with Crippen LogP contribution in [-0.2, 0) is 9.47 Å². The van der Waals surface area contributed by atoms with Gasteiger partial charge in [-0.3, -0.25) is 4.79 Å². The van der Waals surface area contributed by atoms with Crippen molar-refractivity contribution >= 4 is 17.2 Å². The number of aryl methyl sites for hydroxylation is 1. The van der Waals surface area contributed by atoms with Crippen LogP contribution in [0.25, 0.3) is 0 Å². The van der Waals surface area contributed by atoms with Gasteiger partial charge in [0.2, 0.25) is 0 Å². The maximum absolute atomic E-state index is 12.2. The maximum Gasteiger partial charge on any atom is 0.265 e. The first kappa shape index (κ1) is 14.4. The second kappa shape index (κ2) is 6.98. The Balaban J connectivity index is 1.76. The van der Waals surface area contributed by atoms with E-state index in [9.17, 15) is 4.79 Å². The van der Waals surface area contributed by atoms with E-state index < -0.39 is 0 Å². The summed E-state index contributed by atoms with van der Waals surface area (Å²) in [6.45, 7) is 7.23. The average molecular weight is 284 g/mol. The minimum absolute atomic E-state index is 0.0708. The highest BCUT2D eigenvalue weighted by Gasteiger charge is 2.28. The van der Waals surface area contributed by atoms with Gasteiger partial charge in [0.25, 0.3) is 5.91 Å². The second-order valence-electron chi connectivity index (χ2n) is 4.47. The predicted octanol–water partition coefficient (Wildman–Crippen LogP) is 1.72. The van der Waals surface area contributed by atoms with Crippen molar-refractivity contribution in [2.75, 3.05) is 32.9 Å². The van der Waals surface area contributed by atoms with Crippen LogP contribution in [0.1, 0.15) is 28.0 Å². The SMILES string of the molecule is CCOCCO[C@H]1CCN(C(=O)c2cnc(C)s2)C1. The summed E-state index contributed by atoms with van der Waals surface area (Å²) in [5.41, 5.74) is 0. The van der Waals surface area contributed by atoms with Crippen LogP contribution < -0.4 is 0 Å². The lowest BCUT2D eigenvalue weighted by Crippen LogP contribution is -2.29. The van der Waals surface area contributed by atoms with E-state index in [2.05, 4.69) is 4.98 Å². The zero-order chi connectivity index (χ0) is 13.7. The number of rotatable bonds is 6. The molecule has 1 atom stereocenters. The van der Waals surface area contributed by atoms with E-state index in [1.165, 1.54) is 11.3 Å². The molecule has 1 fully saturated rings. The van der Waals surface area contributed by atoms with Gasteiger partial charge in [-0.15, -0.1) is 11.3 Å². The molecule has 2 rings (SSSR count). The minimum Gasteiger partial charge on any atom is -0.379 e. The Morgan fingerprint density at radius 2 is 2.42 bits per heavy atom. The van der Waals surface area contributed by atoms with Crippen molar-refractivity contribution < 1.29 is 14.3 Å². The van der Waals surface area contributed by atoms with E-state index in [4.69, 9.17) is 9.47 Å². The van der Waals surface area contributed by atoms with Crippen LogP contribution in [0.15, 0.2) is 6.20 Å². The Morgan fingerprint density at radius 1 is 1.58 bits per heavy atom. The second-order valence-corrected chi connectivity index (χ2v) is 5.71. The normalized spacial score (nSPS) is 19.1. The molecule has 6 heteroatoms. The van der Waals surface area contributed by atoms with Crippen LogP contribution in [0.5, 0.6) is 0 Å². The number of carbonyl (C=O) groups is 1. The number of amides is 1. The Bertz CT molecular complexity index is 422. The van der Waals surface area contributed by atoms with Crippen LogP contribution in [0, 0.1) is 6.92 Å². The number of carbonyl (C=O) groups excluding carboxylic acids is 1. The van der Waals surface area contributed by atoms with Crippen molar-refractivity contribution in [3.8, 4) is 0 Å². The van der Waals surface area contributed by atoms with Crippen molar-refractivity contribution in [2.24, 2.45) is 0 Å². The third-order valence-electron chi connectivity index (χ3n) is 3.05. The van der Waals surface area contributed by atoms with Gasteiger partial charge in [-0.1, -0.05) is 0 Å². The van der Waals surface area contributed by atoms with Gasteiger partial charge in [0.05, 0.1) is 30.5 Å². The molecule has 106 valence electrons. The summed E-state index contributed by atoms with van der Waals surface area (Å²) in [6.07, 6.45) is 2.69. The van der Waals surface area contributed by atoms with Crippen molar-refractivity contribution in [1.29, 1.82) is 0 Å². The number of thiazole rings is 1. The molecule has 0 radical (unpaired) electrons. The van der Waals surface area contributed by atoms with Gasteiger partial charge < -0.3 is 14.4 Å². The highest BCUT2D eigenvalue weighted by molar-refractivity contribution is 7.13.